The molecule has 0 saturated heterocycles. The van der Waals surface area contributed by atoms with Gasteiger partial charge in [0.2, 0.25) is 11.8 Å². The number of amides is 2. The van der Waals surface area contributed by atoms with Gasteiger partial charge in [0.15, 0.2) is 0 Å². The third-order valence-corrected chi connectivity index (χ3v) is 9.63. The quantitative estimate of drug-likeness (QED) is 0.192. The van der Waals surface area contributed by atoms with Crippen LogP contribution in [-0.4, -0.2) is 50.9 Å². The maximum absolute atomic E-state index is 14.5. The van der Waals surface area contributed by atoms with Crippen molar-refractivity contribution in [1.82, 2.24) is 10.2 Å². The summed E-state index contributed by atoms with van der Waals surface area (Å²) in [5, 5.41) is 3.06. The van der Waals surface area contributed by atoms with Gasteiger partial charge >= 0.3 is 0 Å². The normalized spacial score (nSPS) is 12.5. The minimum Gasteiger partial charge on any atom is -0.497 e. The molecular weight excluding hydrogens is 586 g/mol. The number of aryl methyl sites for hydroxylation is 1. The Bertz CT molecular complexity index is 1660. The molecule has 8 nitrogen and oxygen atoms in total. The van der Waals surface area contributed by atoms with Gasteiger partial charge in [0.25, 0.3) is 10.0 Å². The van der Waals surface area contributed by atoms with E-state index in [0.717, 1.165) is 27.4 Å². The minimum atomic E-state index is -4.19. The van der Waals surface area contributed by atoms with Gasteiger partial charge in [-0.2, -0.15) is 0 Å². The zero-order chi connectivity index (χ0) is 32.4. The summed E-state index contributed by atoms with van der Waals surface area (Å²) in [6.45, 7) is 5.47. The van der Waals surface area contributed by atoms with Crippen molar-refractivity contribution in [2.75, 3.05) is 18.0 Å². The predicted octanol–water partition coefficient (Wildman–Crippen LogP) is 5.75. The molecule has 0 unspecified atom stereocenters. The molecule has 4 aromatic rings. The van der Waals surface area contributed by atoms with Crippen molar-refractivity contribution in [3.05, 3.63) is 126 Å². The van der Waals surface area contributed by atoms with Crippen molar-refractivity contribution in [1.29, 1.82) is 0 Å². The molecule has 236 valence electrons. The SMILES string of the molecule is CC[C@@H](C)NC(=O)[C@@H](Cc1ccccc1)N(Cc1ccccc1C)C(=O)CN(c1ccccc1)S(=O)(=O)c1ccc(OC)cc1. The van der Waals surface area contributed by atoms with Gasteiger partial charge in [-0.15, -0.1) is 0 Å². The summed E-state index contributed by atoms with van der Waals surface area (Å²) in [4.78, 5) is 30.0. The number of carbonyl (C=O) groups excluding carboxylic acids is 2. The van der Waals surface area contributed by atoms with Crippen LogP contribution in [0.3, 0.4) is 0 Å². The van der Waals surface area contributed by atoms with Gasteiger partial charge in [-0.3, -0.25) is 13.9 Å². The molecule has 2 atom stereocenters. The number of hydrogen-bond acceptors (Lipinski definition) is 5. The number of anilines is 1. The average Bonchev–Trinajstić information content (AvgIpc) is 3.06. The average molecular weight is 628 g/mol. The highest BCUT2D eigenvalue weighted by atomic mass is 32.2. The van der Waals surface area contributed by atoms with Crippen LogP contribution in [0, 0.1) is 6.92 Å². The van der Waals surface area contributed by atoms with Gasteiger partial charge < -0.3 is 15.0 Å². The summed E-state index contributed by atoms with van der Waals surface area (Å²) in [5.41, 5.74) is 3.04. The van der Waals surface area contributed by atoms with Crippen molar-refractivity contribution in [3.8, 4) is 5.75 Å². The second-order valence-electron chi connectivity index (χ2n) is 11.0. The second kappa shape index (κ2) is 15.4. The summed E-state index contributed by atoms with van der Waals surface area (Å²) in [6.07, 6.45) is 0.981. The molecule has 1 N–H and O–H groups in total. The van der Waals surface area contributed by atoms with E-state index in [1.165, 1.54) is 24.1 Å². The van der Waals surface area contributed by atoms with Crippen molar-refractivity contribution in [3.63, 3.8) is 0 Å². The van der Waals surface area contributed by atoms with Crippen LogP contribution in [0.2, 0.25) is 0 Å². The number of rotatable bonds is 14. The molecule has 0 radical (unpaired) electrons. The molecule has 4 aromatic carbocycles. The number of methoxy groups -OCH3 is 1. The van der Waals surface area contributed by atoms with E-state index < -0.39 is 28.5 Å². The highest BCUT2D eigenvalue weighted by Crippen LogP contribution is 2.26. The molecule has 0 aliphatic heterocycles. The summed E-state index contributed by atoms with van der Waals surface area (Å²) < 4.78 is 34.6. The van der Waals surface area contributed by atoms with Crippen LogP contribution in [0.25, 0.3) is 0 Å². The standard InChI is InChI=1S/C36H41N3O5S/c1-5-28(3)37-36(41)34(24-29-15-8-6-9-16-29)38(25-30-17-13-12-14-27(30)2)35(40)26-39(31-18-10-7-11-19-31)45(42,43)33-22-20-32(44-4)21-23-33/h6-23,28,34H,5,24-26H2,1-4H3,(H,37,41)/t28-,34-/m1/s1. The fraction of sp³-hybridized carbons (Fsp3) is 0.278. The van der Waals surface area contributed by atoms with Crippen LogP contribution in [0.15, 0.2) is 114 Å². The van der Waals surface area contributed by atoms with E-state index in [1.807, 2.05) is 75.4 Å². The van der Waals surface area contributed by atoms with E-state index >= 15 is 0 Å². The fourth-order valence-corrected chi connectivity index (χ4v) is 6.38. The largest absolute Gasteiger partial charge is 0.497 e. The predicted molar refractivity (Wildman–Crippen MR) is 178 cm³/mol. The van der Waals surface area contributed by atoms with Crippen molar-refractivity contribution >= 4 is 27.5 Å². The Balaban J connectivity index is 1.79. The third kappa shape index (κ3) is 8.51. The fourth-order valence-electron chi connectivity index (χ4n) is 4.96. The van der Waals surface area contributed by atoms with Crippen LogP contribution in [-0.2, 0) is 32.6 Å². The Morgan fingerprint density at radius 1 is 0.844 bits per heavy atom. The molecule has 2 amide bonds. The number of benzene rings is 4. The lowest BCUT2D eigenvalue weighted by Crippen LogP contribution is -2.54. The van der Waals surface area contributed by atoms with Gasteiger partial charge in [0.05, 0.1) is 17.7 Å². The summed E-state index contributed by atoms with van der Waals surface area (Å²) >= 11 is 0. The monoisotopic (exact) mass is 627 g/mol. The molecule has 0 aliphatic carbocycles. The van der Waals surface area contributed by atoms with Gasteiger partial charge in [0.1, 0.15) is 18.3 Å². The number of nitrogens with zero attached hydrogens (tertiary/aromatic N) is 2. The van der Waals surface area contributed by atoms with E-state index in [9.17, 15) is 18.0 Å². The molecule has 9 heteroatoms. The minimum absolute atomic E-state index is 0.0146. The number of carbonyl (C=O) groups is 2. The summed E-state index contributed by atoms with van der Waals surface area (Å²) in [7, 11) is -2.68. The van der Waals surface area contributed by atoms with E-state index in [4.69, 9.17) is 4.74 Å². The lowest BCUT2D eigenvalue weighted by atomic mass is 10.0. The Kier molecular flexibility index (Phi) is 11.4. The van der Waals surface area contributed by atoms with Gasteiger partial charge in [-0.25, -0.2) is 8.42 Å². The summed E-state index contributed by atoms with van der Waals surface area (Å²) in [5.74, 6) is -0.282. The van der Waals surface area contributed by atoms with E-state index in [2.05, 4.69) is 5.32 Å². The van der Waals surface area contributed by atoms with Crippen LogP contribution in [0.5, 0.6) is 5.75 Å². The third-order valence-electron chi connectivity index (χ3n) is 7.84. The van der Waals surface area contributed by atoms with Gasteiger partial charge in [-0.1, -0.05) is 79.7 Å². The molecule has 0 bridgehead atoms. The van der Waals surface area contributed by atoms with Crippen LogP contribution in [0.4, 0.5) is 5.69 Å². The van der Waals surface area contributed by atoms with Crippen LogP contribution >= 0.6 is 0 Å². The zero-order valence-electron chi connectivity index (χ0n) is 26.2. The van der Waals surface area contributed by atoms with E-state index in [-0.39, 0.29) is 29.8 Å². The highest BCUT2D eigenvalue weighted by Gasteiger charge is 2.35. The van der Waals surface area contributed by atoms with Crippen molar-refractivity contribution < 1.29 is 22.7 Å². The van der Waals surface area contributed by atoms with Crippen molar-refractivity contribution in [2.24, 2.45) is 0 Å². The van der Waals surface area contributed by atoms with Crippen molar-refractivity contribution in [2.45, 2.75) is 57.1 Å². The van der Waals surface area contributed by atoms with Gasteiger partial charge in [-0.05, 0) is 73.4 Å². The molecule has 0 heterocycles. The molecule has 0 spiro atoms. The first-order chi connectivity index (χ1) is 21.6. The molecule has 45 heavy (non-hydrogen) atoms. The lowest BCUT2D eigenvalue weighted by Gasteiger charge is -2.34. The number of sulfonamides is 1. The molecule has 0 aliphatic rings. The van der Waals surface area contributed by atoms with Crippen LogP contribution in [0.1, 0.15) is 37.0 Å². The molecule has 4 rings (SSSR count). The maximum atomic E-state index is 14.5. The Morgan fingerprint density at radius 3 is 2.04 bits per heavy atom. The molecule has 0 aromatic heterocycles. The Hall–Kier alpha value is -4.63. The Labute approximate surface area is 266 Å². The zero-order valence-corrected chi connectivity index (χ0v) is 27.0. The number of nitrogens with one attached hydrogen (secondary N) is 1. The van der Waals surface area contributed by atoms with E-state index in [0.29, 0.717) is 11.4 Å². The molecule has 0 saturated carbocycles. The first-order valence-corrected chi connectivity index (χ1v) is 16.5. The summed E-state index contributed by atoms with van der Waals surface area (Å²) in [6, 6.07) is 30.8. The smallest absolute Gasteiger partial charge is 0.264 e. The Morgan fingerprint density at radius 2 is 1.44 bits per heavy atom. The lowest BCUT2D eigenvalue weighted by molar-refractivity contribution is -0.140. The first-order valence-electron chi connectivity index (χ1n) is 15.0. The number of ether oxygens (including phenoxy) is 1. The molecule has 0 fully saturated rings. The van der Waals surface area contributed by atoms with Gasteiger partial charge in [0, 0.05) is 19.0 Å². The number of hydrogen-bond donors (Lipinski definition) is 1. The van der Waals surface area contributed by atoms with Crippen LogP contribution < -0.4 is 14.4 Å². The second-order valence-corrected chi connectivity index (χ2v) is 12.9. The molecular formula is C36H41N3O5S. The van der Waals surface area contributed by atoms with E-state index in [1.54, 1.807) is 42.5 Å². The number of para-hydroxylation sites is 1. The maximum Gasteiger partial charge on any atom is 0.264 e. The topological polar surface area (TPSA) is 96.0 Å². The first kappa shape index (κ1) is 33.3. The highest BCUT2D eigenvalue weighted by molar-refractivity contribution is 7.92.